The zero-order chi connectivity index (χ0) is 12.3. The average Bonchev–Trinajstić information content (AvgIpc) is 2.32. The molecule has 0 heterocycles. The standard InChI is InChI=1S/C15H19NS/c1-11-7-8-13(10-16)15(9-11)17-14-6-4-3-5-12(14)2/h3-6,11,13,15H,7-9H2,1-2H3. The molecule has 0 aliphatic heterocycles. The first kappa shape index (κ1) is 12.5. The van der Waals surface area contributed by atoms with Crippen LogP contribution in [-0.2, 0) is 0 Å². The summed E-state index contributed by atoms with van der Waals surface area (Å²) in [4.78, 5) is 1.34. The largest absolute Gasteiger partial charge is 0.198 e. The molecule has 1 saturated carbocycles. The number of nitrogens with zero attached hydrogens (tertiary/aromatic N) is 1. The zero-order valence-electron chi connectivity index (χ0n) is 10.5. The van der Waals surface area contributed by atoms with Crippen LogP contribution >= 0.6 is 11.8 Å². The molecule has 0 spiro atoms. The first-order chi connectivity index (χ1) is 8.20. The molecule has 0 radical (unpaired) electrons. The van der Waals surface area contributed by atoms with Crippen molar-refractivity contribution in [1.82, 2.24) is 0 Å². The van der Waals surface area contributed by atoms with Gasteiger partial charge in [-0.25, -0.2) is 0 Å². The minimum atomic E-state index is 0.232. The van der Waals surface area contributed by atoms with Gasteiger partial charge in [-0.1, -0.05) is 25.1 Å². The Balaban J connectivity index is 2.11. The molecule has 1 aliphatic rings. The van der Waals surface area contributed by atoms with Gasteiger partial charge >= 0.3 is 0 Å². The fraction of sp³-hybridized carbons (Fsp3) is 0.533. The molecule has 0 aromatic heterocycles. The van der Waals surface area contributed by atoms with Crippen LogP contribution in [0.1, 0.15) is 31.7 Å². The highest BCUT2D eigenvalue weighted by molar-refractivity contribution is 8.00. The molecule has 1 fully saturated rings. The second kappa shape index (κ2) is 5.60. The van der Waals surface area contributed by atoms with Crippen molar-refractivity contribution in [2.75, 3.05) is 0 Å². The lowest BCUT2D eigenvalue weighted by Crippen LogP contribution is -2.24. The molecule has 0 amide bonds. The molecule has 0 N–H and O–H groups in total. The predicted octanol–water partition coefficient (Wildman–Crippen LogP) is 4.42. The van der Waals surface area contributed by atoms with Crippen LogP contribution in [0.2, 0.25) is 0 Å². The van der Waals surface area contributed by atoms with Crippen molar-refractivity contribution in [3.05, 3.63) is 29.8 Å². The van der Waals surface area contributed by atoms with Crippen molar-refractivity contribution in [2.45, 2.75) is 43.3 Å². The molecule has 90 valence electrons. The van der Waals surface area contributed by atoms with Gasteiger partial charge in [0, 0.05) is 10.1 Å². The smallest absolute Gasteiger partial charge is 0.0667 e. The fourth-order valence-corrected chi connectivity index (χ4v) is 3.98. The molecule has 3 atom stereocenters. The van der Waals surface area contributed by atoms with E-state index in [4.69, 9.17) is 0 Å². The van der Waals surface area contributed by atoms with Gasteiger partial charge in [-0.2, -0.15) is 5.26 Å². The summed E-state index contributed by atoms with van der Waals surface area (Å²) in [6.07, 6.45) is 3.46. The van der Waals surface area contributed by atoms with E-state index in [1.165, 1.54) is 23.3 Å². The molecule has 1 aromatic rings. The van der Waals surface area contributed by atoms with Crippen molar-refractivity contribution >= 4 is 11.8 Å². The Kier molecular flexibility index (Phi) is 4.12. The van der Waals surface area contributed by atoms with E-state index in [0.717, 1.165) is 12.3 Å². The van der Waals surface area contributed by atoms with Crippen LogP contribution in [-0.4, -0.2) is 5.25 Å². The van der Waals surface area contributed by atoms with Gasteiger partial charge in [-0.3, -0.25) is 0 Å². The van der Waals surface area contributed by atoms with Crippen LogP contribution < -0.4 is 0 Å². The first-order valence-corrected chi connectivity index (χ1v) is 7.20. The Labute approximate surface area is 108 Å². The van der Waals surface area contributed by atoms with Crippen LogP contribution in [0.25, 0.3) is 0 Å². The third kappa shape index (κ3) is 3.04. The molecular weight excluding hydrogens is 226 g/mol. The summed E-state index contributed by atoms with van der Waals surface area (Å²) < 4.78 is 0. The highest BCUT2D eigenvalue weighted by Gasteiger charge is 2.29. The van der Waals surface area contributed by atoms with Crippen molar-refractivity contribution in [2.24, 2.45) is 11.8 Å². The second-order valence-corrected chi connectivity index (χ2v) is 6.36. The Bertz CT molecular complexity index is 421. The van der Waals surface area contributed by atoms with Gasteiger partial charge in [0.2, 0.25) is 0 Å². The summed E-state index contributed by atoms with van der Waals surface area (Å²) in [5, 5.41) is 9.71. The average molecular weight is 245 g/mol. The normalized spacial score (nSPS) is 28.6. The van der Waals surface area contributed by atoms with Crippen LogP contribution in [0.3, 0.4) is 0 Å². The van der Waals surface area contributed by atoms with E-state index in [1.54, 1.807) is 0 Å². The van der Waals surface area contributed by atoms with Crippen LogP contribution in [0.15, 0.2) is 29.2 Å². The number of nitriles is 1. The topological polar surface area (TPSA) is 23.8 Å². The SMILES string of the molecule is Cc1ccccc1SC1CC(C)CCC1C#N. The van der Waals surface area contributed by atoms with Crippen molar-refractivity contribution in [3.8, 4) is 6.07 Å². The number of thioether (sulfide) groups is 1. The summed E-state index contributed by atoms with van der Waals surface area (Å²) >= 11 is 1.91. The van der Waals surface area contributed by atoms with Crippen molar-refractivity contribution in [3.63, 3.8) is 0 Å². The minimum Gasteiger partial charge on any atom is -0.198 e. The lowest BCUT2D eigenvalue weighted by molar-refractivity contribution is 0.346. The number of benzene rings is 1. The lowest BCUT2D eigenvalue weighted by atomic mass is 9.83. The second-order valence-electron chi connectivity index (χ2n) is 5.08. The number of hydrogen-bond acceptors (Lipinski definition) is 2. The van der Waals surface area contributed by atoms with E-state index in [-0.39, 0.29) is 5.92 Å². The molecule has 3 unspecified atom stereocenters. The highest BCUT2D eigenvalue weighted by Crippen LogP contribution is 2.40. The van der Waals surface area contributed by atoms with E-state index in [1.807, 2.05) is 11.8 Å². The molecule has 0 bridgehead atoms. The number of rotatable bonds is 2. The molecular formula is C15H19NS. The summed E-state index contributed by atoms with van der Waals surface area (Å²) in [5.41, 5.74) is 1.33. The number of aryl methyl sites for hydroxylation is 1. The van der Waals surface area contributed by atoms with Crippen LogP contribution in [0.4, 0.5) is 0 Å². The van der Waals surface area contributed by atoms with Gasteiger partial charge < -0.3 is 0 Å². The first-order valence-electron chi connectivity index (χ1n) is 6.32. The molecule has 0 saturated heterocycles. The Morgan fingerprint density at radius 1 is 1.29 bits per heavy atom. The van der Waals surface area contributed by atoms with Gasteiger partial charge in [-0.15, -0.1) is 11.8 Å². The van der Waals surface area contributed by atoms with E-state index in [2.05, 4.69) is 44.2 Å². The Morgan fingerprint density at radius 2 is 2.06 bits per heavy atom. The van der Waals surface area contributed by atoms with Gasteiger partial charge in [0.05, 0.1) is 12.0 Å². The minimum absolute atomic E-state index is 0.232. The molecule has 2 rings (SSSR count). The molecule has 1 aromatic carbocycles. The molecule has 1 nitrogen and oxygen atoms in total. The summed E-state index contributed by atoms with van der Waals surface area (Å²) in [6, 6.07) is 11.0. The van der Waals surface area contributed by atoms with E-state index in [0.29, 0.717) is 5.25 Å². The number of hydrogen-bond donors (Lipinski definition) is 0. The molecule has 1 aliphatic carbocycles. The summed E-state index contributed by atoms with van der Waals surface area (Å²) in [6.45, 7) is 4.45. The van der Waals surface area contributed by atoms with Crippen molar-refractivity contribution < 1.29 is 0 Å². The van der Waals surface area contributed by atoms with Gasteiger partial charge in [-0.05, 0) is 43.7 Å². The third-order valence-electron chi connectivity index (χ3n) is 3.59. The Hall–Kier alpha value is -0.940. The summed E-state index contributed by atoms with van der Waals surface area (Å²) in [7, 11) is 0. The maximum absolute atomic E-state index is 9.23. The lowest BCUT2D eigenvalue weighted by Gasteiger charge is -2.30. The monoisotopic (exact) mass is 245 g/mol. The van der Waals surface area contributed by atoms with E-state index < -0.39 is 0 Å². The van der Waals surface area contributed by atoms with Gasteiger partial charge in [0.1, 0.15) is 0 Å². The quantitative estimate of drug-likeness (QED) is 0.770. The maximum atomic E-state index is 9.23. The molecule has 17 heavy (non-hydrogen) atoms. The fourth-order valence-electron chi connectivity index (χ4n) is 2.46. The Morgan fingerprint density at radius 3 is 2.76 bits per heavy atom. The highest BCUT2D eigenvalue weighted by atomic mass is 32.2. The van der Waals surface area contributed by atoms with E-state index in [9.17, 15) is 5.26 Å². The van der Waals surface area contributed by atoms with Crippen molar-refractivity contribution in [1.29, 1.82) is 5.26 Å². The molecule has 2 heteroatoms. The van der Waals surface area contributed by atoms with Gasteiger partial charge in [0.25, 0.3) is 0 Å². The van der Waals surface area contributed by atoms with Gasteiger partial charge in [0.15, 0.2) is 0 Å². The van der Waals surface area contributed by atoms with Crippen LogP contribution in [0.5, 0.6) is 0 Å². The third-order valence-corrected chi connectivity index (χ3v) is 5.13. The summed E-state index contributed by atoms with van der Waals surface area (Å²) in [5.74, 6) is 0.997. The van der Waals surface area contributed by atoms with E-state index >= 15 is 0 Å². The maximum Gasteiger partial charge on any atom is 0.0667 e. The van der Waals surface area contributed by atoms with Crippen LogP contribution in [0, 0.1) is 30.1 Å². The predicted molar refractivity (Wildman–Crippen MR) is 72.9 cm³/mol. The zero-order valence-corrected chi connectivity index (χ0v) is 11.3.